The van der Waals surface area contributed by atoms with Crippen LogP contribution in [0.1, 0.15) is 31.2 Å². The Labute approximate surface area is 211 Å². The number of halogens is 1. The van der Waals surface area contributed by atoms with Gasteiger partial charge in [-0.05, 0) is 36.6 Å². The van der Waals surface area contributed by atoms with E-state index in [4.69, 9.17) is 11.6 Å². The van der Waals surface area contributed by atoms with Crippen LogP contribution in [-0.2, 0) is 16.1 Å². The van der Waals surface area contributed by atoms with E-state index in [9.17, 15) is 14.4 Å². The number of carbonyl (C=O) groups excluding carboxylic acids is 3. The highest BCUT2D eigenvalue weighted by Crippen LogP contribution is 2.30. The quantitative estimate of drug-likeness (QED) is 0.548. The lowest BCUT2D eigenvalue weighted by molar-refractivity contribution is -0.134. The van der Waals surface area contributed by atoms with Crippen LogP contribution in [0.4, 0.5) is 10.5 Å². The van der Waals surface area contributed by atoms with Crippen LogP contribution in [-0.4, -0.2) is 61.0 Å². The van der Waals surface area contributed by atoms with Gasteiger partial charge >= 0.3 is 6.03 Å². The average molecular weight is 498 g/mol. The molecule has 0 radical (unpaired) electrons. The molecular weight excluding hydrogens is 466 g/mol. The number of nitrogens with one attached hydrogen (secondary N) is 3. The summed E-state index contributed by atoms with van der Waals surface area (Å²) in [4.78, 5) is 42.4. The maximum absolute atomic E-state index is 13.1. The van der Waals surface area contributed by atoms with Crippen LogP contribution in [0.2, 0.25) is 5.02 Å². The first-order chi connectivity index (χ1) is 16.9. The van der Waals surface area contributed by atoms with E-state index < -0.39 is 5.54 Å². The number of anilines is 1. The topological polar surface area (TPSA) is 93.8 Å². The highest BCUT2D eigenvalue weighted by molar-refractivity contribution is 6.30. The molecule has 3 N–H and O–H groups in total. The maximum atomic E-state index is 13.1. The van der Waals surface area contributed by atoms with Gasteiger partial charge in [0.15, 0.2) is 0 Å². The van der Waals surface area contributed by atoms with Crippen LogP contribution in [0, 0.1) is 0 Å². The maximum Gasteiger partial charge on any atom is 0.315 e. The SMILES string of the molecule is O=C(NCc1ccccc1)NC1(C(=O)NCC(=O)N2CCN(c3cccc(Cl)c3)CC2)CCCC1. The van der Waals surface area contributed by atoms with Crippen LogP contribution < -0.4 is 20.9 Å². The van der Waals surface area contributed by atoms with E-state index in [1.54, 1.807) is 4.90 Å². The Balaban J connectivity index is 1.25. The standard InChI is InChI=1S/C26H32ClN5O3/c27-21-9-6-10-22(17-21)31-13-15-32(16-14-31)23(33)19-28-24(34)26(11-4-5-12-26)30-25(35)29-18-20-7-2-1-3-8-20/h1-3,6-10,17H,4-5,11-16,18-19H2,(H,28,34)(H2,29,30,35). The number of nitrogens with zero attached hydrogens (tertiary/aromatic N) is 2. The fourth-order valence-electron chi connectivity index (χ4n) is 4.75. The molecule has 186 valence electrons. The zero-order valence-electron chi connectivity index (χ0n) is 19.8. The molecule has 1 saturated heterocycles. The number of amides is 4. The molecule has 0 aromatic heterocycles. The summed E-state index contributed by atoms with van der Waals surface area (Å²) in [6.45, 7) is 2.86. The predicted molar refractivity (Wildman–Crippen MR) is 136 cm³/mol. The van der Waals surface area contributed by atoms with Crippen LogP contribution in [0.25, 0.3) is 0 Å². The molecule has 0 bridgehead atoms. The Hall–Kier alpha value is -3.26. The highest BCUT2D eigenvalue weighted by Gasteiger charge is 2.42. The second-order valence-corrected chi connectivity index (χ2v) is 9.55. The van der Waals surface area contributed by atoms with Gasteiger partial charge in [0, 0.05) is 43.4 Å². The van der Waals surface area contributed by atoms with Gasteiger partial charge in [0.2, 0.25) is 11.8 Å². The van der Waals surface area contributed by atoms with Crippen LogP contribution >= 0.6 is 11.6 Å². The molecule has 0 spiro atoms. The lowest BCUT2D eigenvalue weighted by atomic mass is 9.96. The van der Waals surface area contributed by atoms with Crippen molar-refractivity contribution >= 4 is 35.1 Å². The van der Waals surface area contributed by atoms with Gasteiger partial charge in [-0.25, -0.2) is 4.79 Å². The molecule has 2 fully saturated rings. The molecule has 0 atom stereocenters. The molecule has 0 unspecified atom stereocenters. The summed E-state index contributed by atoms with van der Waals surface area (Å²) in [6, 6.07) is 16.9. The van der Waals surface area contributed by atoms with Crippen molar-refractivity contribution in [3.05, 3.63) is 65.2 Å². The van der Waals surface area contributed by atoms with Gasteiger partial charge in [0.1, 0.15) is 5.54 Å². The summed E-state index contributed by atoms with van der Waals surface area (Å²) >= 11 is 6.09. The second-order valence-electron chi connectivity index (χ2n) is 9.11. The first-order valence-electron chi connectivity index (χ1n) is 12.1. The van der Waals surface area contributed by atoms with Crippen LogP contribution in [0.15, 0.2) is 54.6 Å². The lowest BCUT2D eigenvalue weighted by Crippen LogP contribution is -2.60. The van der Waals surface area contributed by atoms with Crippen molar-refractivity contribution in [2.24, 2.45) is 0 Å². The third kappa shape index (κ3) is 6.45. The number of rotatable bonds is 7. The van der Waals surface area contributed by atoms with Gasteiger partial charge in [-0.2, -0.15) is 0 Å². The number of hydrogen-bond donors (Lipinski definition) is 3. The van der Waals surface area contributed by atoms with E-state index in [1.165, 1.54) is 0 Å². The van der Waals surface area contributed by atoms with Gasteiger partial charge in [-0.15, -0.1) is 0 Å². The van der Waals surface area contributed by atoms with Crippen molar-refractivity contribution in [1.82, 2.24) is 20.9 Å². The summed E-state index contributed by atoms with van der Waals surface area (Å²) in [5.41, 5.74) is 1.04. The first kappa shape index (κ1) is 24.9. The minimum atomic E-state index is -0.980. The largest absolute Gasteiger partial charge is 0.368 e. The summed E-state index contributed by atoms with van der Waals surface area (Å²) in [6.07, 6.45) is 2.83. The molecule has 1 aliphatic carbocycles. The number of benzene rings is 2. The third-order valence-electron chi connectivity index (χ3n) is 6.75. The first-order valence-corrected chi connectivity index (χ1v) is 12.5. The third-order valence-corrected chi connectivity index (χ3v) is 6.98. The number of hydrogen-bond acceptors (Lipinski definition) is 4. The summed E-state index contributed by atoms with van der Waals surface area (Å²) in [7, 11) is 0. The molecule has 8 nitrogen and oxygen atoms in total. The van der Waals surface area contributed by atoms with Crippen molar-refractivity contribution < 1.29 is 14.4 Å². The Bertz CT molecular complexity index is 1030. The predicted octanol–water partition coefficient (Wildman–Crippen LogP) is 2.92. The van der Waals surface area contributed by atoms with E-state index in [0.29, 0.717) is 50.6 Å². The zero-order valence-corrected chi connectivity index (χ0v) is 20.5. The number of piperazine rings is 1. The van der Waals surface area contributed by atoms with Crippen molar-refractivity contribution in [2.45, 2.75) is 37.8 Å². The Morgan fingerprint density at radius 2 is 1.60 bits per heavy atom. The summed E-state index contributed by atoms with van der Waals surface area (Å²) in [5, 5.41) is 9.19. The number of urea groups is 1. The molecule has 2 aliphatic rings. The molecule has 1 saturated carbocycles. The Kier molecular flexibility index (Phi) is 8.13. The van der Waals surface area contributed by atoms with Crippen LogP contribution in [0.3, 0.4) is 0 Å². The average Bonchev–Trinajstić information content (AvgIpc) is 3.36. The monoisotopic (exact) mass is 497 g/mol. The molecule has 4 rings (SSSR count). The van der Waals surface area contributed by atoms with Gasteiger partial charge in [0.05, 0.1) is 6.54 Å². The van der Waals surface area contributed by atoms with Gasteiger partial charge in [0.25, 0.3) is 0 Å². The van der Waals surface area contributed by atoms with E-state index in [2.05, 4.69) is 20.9 Å². The second kappa shape index (κ2) is 11.4. The Morgan fingerprint density at radius 3 is 2.29 bits per heavy atom. The molecule has 9 heteroatoms. The fraction of sp³-hybridized carbons (Fsp3) is 0.423. The van der Waals surface area contributed by atoms with Crippen molar-refractivity contribution in [2.75, 3.05) is 37.6 Å². The molecular formula is C26H32ClN5O3. The smallest absolute Gasteiger partial charge is 0.315 e. The van der Waals surface area contributed by atoms with Crippen molar-refractivity contribution in [1.29, 1.82) is 0 Å². The highest BCUT2D eigenvalue weighted by atomic mass is 35.5. The normalized spacial score (nSPS) is 17.1. The Morgan fingerprint density at radius 1 is 0.886 bits per heavy atom. The summed E-state index contributed by atoms with van der Waals surface area (Å²) in [5.74, 6) is -0.415. The van der Waals surface area contributed by atoms with Crippen LogP contribution in [0.5, 0.6) is 0 Å². The van der Waals surface area contributed by atoms with Gasteiger partial charge in [-0.1, -0.05) is 60.8 Å². The molecule has 4 amide bonds. The molecule has 35 heavy (non-hydrogen) atoms. The molecule has 1 aliphatic heterocycles. The minimum Gasteiger partial charge on any atom is -0.368 e. The number of carbonyl (C=O) groups is 3. The van der Waals surface area contributed by atoms with E-state index in [0.717, 1.165) is 24.1 Å². The fourth-order valence-corrected chi connectivity index (χ4v) is 4.94. The van der Waals surface area contributed by atoms with Gasteiger partial charge < -0.3 is 25.8 Å². The molecule has 1 heterocycles. The van der Waals surface area contributed by atoms with Crippen molar-refractivity contribution in [3.8, 4) is 0 Å². The lowest BCUT2D eigenvalue weighted by Gasteiger charge is -2.36. The minimum absolute atomic E-state index is 0.0783. The van der Waals surface area contributed by atoms with E-state index >= 15 is 0 Å². The van der Waals surface area contributed by atoms with Gasteiger partial charge in [-0.3, -0.25) is 9.59 Å². The van der Waals surface area contributed by atoms with E-state index in [1.807, 2.05) is 54.6 Å². The van der Waals surface area contributed by atoms with Crippen molar-refractivity contribution in [3.63, 3.8) is 0 Å². The molecule has 2 aromatic carbocycles. The summed E-state index contributed by atoms with van der Waals surface area (Å²) < 4.78 is 0. The van der Waals surface area contributed by atoms with E-state index in [-0.39, 0.29) is 24.4 Å². The zero-order chi connectivity index (χ0) is 24.7. The molecule has 2 aromatic rings.